The van der Waals surface area contributed by atoms with Crippen LogP contribution in [0.25, 0.3) is 0 Å². The van der Waals surface area contributed by atoms with Crippen LogP contribution in [0.1, 0.15) is 32.7 Å². The summed E-state index contributed by atoms with van der Waals surface area (Å²) in [6, 6.07) is 11.0. The zero-order valence-electron chi connectivity index (χ0n) is 12.6. The van der Waals surface area contributed by atoms with E-state index in [0.29, 0.717) is 6.54 Å². The normalized spacial score (nSPS) is 13.2. The molecule has 0 bridgehead atoms. The lowest BCUT2D eigenvalue weighted by Crippen LogP contribution is -2.35. The standard InChI is InChI=1S/C17H14N2O5/c20-16(18-9-3-5-11-4-1-2-6-14(11)18)12-7-8-13(17(21)22)15(10-12)19(23)24/h1-2,4,6-8,10H,3,5,9H2,(H,21,22). The lowest BCUT2D eigenvalue weighted by atomic mass is 10.0. The van der Waals surface area contributed by atoms with E-state index in [1.165, 1.54) is 6.07 Å². The fourth-order valence-corrected chi connectivity index (χ4v) is 2.90. The zero-order chi connectivity index (χ0) is 17.3. The molecule has 2 aromatic rings. The molecule has 0 fully saturated rings. The van der Waals surface area contributed by atoms with Crippen molar-refractivity contribution in [3.05, 3.63) is 69.3 Å². The molecule has 1 heterocycles. The van der Waals surface area contributed by atoms with Crippen LogP contribution in [-0.4, -0.2) is 28.5 Å². The number of nitro benzene ring substituents is 1. The Morgan fingerprint density at radius 3 is 2.62 bits per heavy atom. The van der Waals surface area contributed by atoms with Gasteiger partial charge in [-0.3, -0.25) is 14.9 Å². The van der Waals surface area contributed by atoms with E-state index < -0.39 is 22.1 Å². The van der Waals surface area contributed by atoms with Gasteiger partial charge in [0.25, 0.3) is 11.6 Å². The second-order valence-electron chi connectivity index (χ2n) is 5.48. The van der Waals surface area contributed by atoms with Crippen LogP contribution in [0, 0.1) is 10.1 Å². The molecule has 0 saturated heterocycles. The summed E-state index contributed by atoms with van der Waals surface area (Å²) in [5.41, 5.74) is 0.921. The van der Waals surface area contributed by atoms with E-state index in [2.05, 4.69) is 0 Å². The third kappa shape index (κ3) is 2.71. The molecule has 2 aromatic carbocycles. The summed E-state index contributed by atoms with van der Waals surface area (Å²) in [6.07, 6.45) is 1.68. The van der Waals surface area contributed by atoms with Gasteiger partial charge in [0.05, 0.1) is 4.92 Å². The van der Waals surface area contributed by atoms with Crippen LogP contribution in [0.4, 0.5) is 11.4 Å². The summed E-state index contributed by atoms with van der Waals surface area (Å²) < 4.78 is 0. The molecule has 24 heavy (non-hydrogen) atoms. The molecule has 1 amide bonds. The third-order valence-electron chi connectivity index (χ3n) is 4.03. The zero-order valence-corrected chi connectivity index (χ0v) is 12.6. The molecule has 7 heteroatoms. The number of carboxylic acids is 1. The molecule has 3 rings (SSSR count). The number of fused-ring (bicyclic) bond motifs is 1. The van der Waals surface area contributed by atoms with Crippen molar-refractivity contribution in [2.75, 3.05) is 11.4 Å². The van der Waals surface area contributed by atoms with Crippen molar-refractivity contribution in [2.45, 2.75) is 12.8 Å². The van der Waals surface area contributed by atoms with Gasteiger partial charge in [0, 0.05) is 23.9 Å². The summed E-state index contributed by atoms with van der Waals surface area (Å²) in [7, 11) is 0. The fourth-order valence-electron chi connectivity index (χ4n) is 2.90. The quantitative estimate of drug-likeness (QED) is 0.690. The predicted octanol–water partition coefficient (Wildman–Crippen LogP) is 2.89. The molecule has 0 spiro atoms. The molecule has 0 aromatic heterocycles. The van der Waals surface area contributed by atoms with E-state index in [1.807, 2.05) is 24.3 Å². The monoisotopic (exact) mass is 326 g/mol. The van der Waals surface area contributed by atoms with Crippen molar-refractivity contribution < 1.29 is 19.6 Å². The maximum Gasteiger partial charge on any atom is 0.342 e. The van der Waals surface area contributed by atoms with Crippen LogP contribution in [0.15, 0.2) is 42.5 Å². The van der Waals surface area contributed by atoms with Gasteiger partial charge < -0.3 is 10.0 Å². The molecule has 1 aliphatic rings. The van der Waals surface area contributed by atoms with Gasteiger partial charge in [-0.1, -0.05) is 18.2 Å². The van der Waals surface area contributed by atoms with Crippen molar-refractivity contribution in [1.82, 2.24) is 0 Å². The molecule has 1 aliphatic heterocycles. The highest BCUT2D eigenvalue weighted by molar-refractivity contribution is 6.08. The number of carbonyl (C=O) groups excluding carboxylic acids is 1. The van der Waals surface area contributed by atoms with Crippen LogP contribution in [0.3, 0.4) is 0 Å². The summed E-state index contributed by atoms with van der Waals surface area (Å²) in [4.78, 5) is 35.7. The van der Waals surface area contributed by atoms with E-state index in [-0.39, 0.29) is 11.5 Å². The van der Waals surface area contributed by atoms with Crippen LogP contribution >= 0.6 is 0 Å². The number of rotatable bonds is 3. The predicted molar refractivity (Wildman–Crippen MR) is 86.5 cm³/mol. The maximum atomic E-state index is 12.8. The summed E-state index contributed by atoms with van der Waals surface area (Å²) >= 11 is 0. The molecular weight excluding hydrogens is 312 g/mol. The minimum atomic E-state index is -1.40. The first-order valence-corrected chi connectivity index (χ1v) is 7.40. The number of carboxylic acid groups (broad SMARTS) is 1. The van der Waals surface area contributed by atoms with Gasteiger partial charge in [-0.05, 0) is 36.6 Å². The number of amides is 1. The SMILES string of the molecule is O=C(O)c1ccc(C(=O)N2CCCc3ccccc32)cc1[N+](=O)[O-]. The lowest BCUT2D eigenvalue weighted by Gasteiger charge is -2.29. The molecule has 0 saturated carbocycles. The van der Waals surface area contributed by atoms with Crippen LogP contribution < -0.4 is 4.90 Å². The highest BCUT2D eigenvalue weighted by Crippen LogP contribution is 2.29. The maximum absolute atomic E-state index is 12.8. The van der Waals surface area contributed by atoms with Gasteiger partial charge in [0.15, 0.2) is 0 Å². The van der Waals surface area contributed by atoms with Gasteiger partial charge >= 0.3 is 5.97 Å². The van der Waals surface area contributed by atoms with Crippen LogP contribution in [-0.2, 0) is 6.42 Å². The van der Waals surface area contributed by atoms with Crippen LogP contribution in [0.5, 0.6) is 0 Å². The number of carbonyl (C=O) groups is 2. The van der Waals surface area contributed by atoms with Crippen molar-refractivity contribution >= 4 is 23.3 Å². The van der Waals surface area contributed by atoms with Crippen molar-refractivity contribution in [3.63, 3.8) is 0 Å². The molecule has 1 N–H and O–H groups in total. The topological polar surface area (TPSA) is 101 Å². The van der Waals surface area contributed by atoms with E-state index >= 15 is 0 Å². The van der Waals surface area contributed by atoms with Gasteiger partial charge in [0.1, 0.15) is 5.56 Å². The highest BCUT2D eigenvalue weighted by atomic mass is 16.6. The largest absolute Gasteiger partial charge is 0.477 e. The van der Waals surface area contributed by atoms with Crippen molar-refractivity contribution in [2.24, 2.45) is 0 Å². The molecule has 7 nitrogen and oxygen atoms in total. The van der Waals surface area contributed by atoms with E-state index in [4.69, 9.17) is 5.11 Å². The lowest BCUT2D eigenvalue weighted by molar-refractivity contribution is -0.385. The summed E-state index contributed by atoms with van der Waals surface area (Å²) in [6.45, 7) is 0.518. The number of hydrogen-bond acceptors (Lipinski definition) is 4. The van der Waals surface area contributed by atoms with Gasteiger partial charge in [-0.15, -0.1) is 0 Å². The average molecular weight is 326 g/mol. The van der Waals surface area contributed by atoms with Gasteiger partial charge in [-0.25, -0.2) is 4.79 Å². The average Bonchev–Trinajstić information content (AvgIpc) is 2.60. The Hall–Kier alpha value is -3.22. The second kappa shape index (κ2) is 6.11. The molecule has 0 radical (unpaired) electrons. The molecule has 0 unspecified atom stereocenters. The highest BCUT2D eigenvalue weighted by Gasteiger charge is 2.27. The smallest absolute Gasteiger partial charge is 0.342 e. The Morgan fingerprint density at radius 2 is 1.92 bits per heavy atom. The Morgan fingerprint density at radius 1 is 1.17 bits per heavy atom. The number of anilines is 1. The molecule has 0 aliphatic carbocycles. The summed E-state index contributed by atoms with van der Waals surface area (Å²) in [5, 5.41) is 20.1. The Balaban J connectivity index is 2.01. The number of aryl methyl sites for hydroxylation is 1. The minimum absolute atomic E-state index is 0.100. The van der Waals surface area contributed by atoms with Crippen molar-refractivity contribution in [3.8, 4) is 0 Å². The first-order chi connectivity index (χ1) is 11.5. The Labute approximate surface area is 137 Å². The third-order valence-corrected chi connectivity index (χ3v) is 4.03. The first kappa shape index (κ1) is 15.7. The minimum Gasteiger partial charge on any atom is -0.477 e. The first-order valence-electron chi connectivity index (χ1n) is 7.40. The second-order valence-corrected chi connectivity index (χ2v) is 5.48. The van der Waals surface area contributed by atoms with E-state index in [0.717, 1.165) is 36.2 Å². The Kier molecular flexibility index (Phi) is 3.99. The number of hydrogen-bond donors (Lipinski definition) is 1. The number of nitro groups is 1. The number of para-hydroxylation sites is 1. The number of benzene rings is 2. The number of aromatic carboxylic acids is 1. The number of nitrogens with zero attached hydrogens (tertiary/aromatic N) is 2. The van der Waals surface area contributed by atoms with Crippen LogP contribution in [0.2, 0.25) is 0 Å². The van der Waals surface area contributed by atoms with Crippen molar-refractivity contribution in [1.29, 1.82) is 0 Å². The van der Waals surface area contributed by atoms with Gasteiger partial charge in [0.2, 0.25) is 0 Å². The molecule has 122 valence electrons. The fraction of sp³-hybridized carbons (Fsp3) is 0.176. The van der Waals surface area contributed by atoms with Gasteiger partial charge in [-0.2, -0.15) is 0 Å². The summed E-state index contributed by atoms with van der Waals surface area (Å²) in [5.74, 6) is -1.77. The molecular formula is C17H14N2O5. The Bertz CT molecular complexity index is 847. The van der Waals surface area contributed by atoms with E-state index in [1.54, 1.807) is 4.90 Å². The molecule has 0 atom stereocenters. The van der Waals surface area contributed by atoms with E-state index in [9.17, 15) is 19.7 Å².